The van der Waals surface area contributed by atoms with E-state index in [-0.39, 0.29) is 11.8 Å². The van der Waals surface area contributed by atoms with Gasteiger partial charge < -0.3 is 5.32 Å². The van der Waals surface area contributed by atoms with Crippen molar-refractivity contribution in [3.8, 4) is 10.4 Å². The van der Waals surface area contributed by atoms with Crippen LogP contribution in [0.1, 0.15) is 19.3 Å². The zero-order valence-corrected chi connectivity index (χ0v) is 11.9. The largest absolute Gasteiger partial charge is 0.302 e. The van der Waals surface area contributed by atoms with Crippen LogP contribution in [0.3, 0.4) is 0 Å². The molecule has 102 valence electrons. The van der Waals surface area contributed by atoms with Crippen LogP contribution in [0.4, 0.5) is 5.13 Å². The third kappa shape index (κ3) is 2.96. The molecule has 0 spiro atoms. The summed E-state index contributed by atoms with van der Waals surface area (Å²) >= 11 is 1.52. The van der Waals surface area contributed by atoms with Gasteiger partial charge in [-0.1, -0.05) is 53.8 Å². The number of anilines is 1. The predicted molar refractivity (Wildman–Crippen MR) is 82.7 cm³/mol. The number of carbonyl (C=O) groups excluding carboxylic acids is 1. The zero-order valence-electron chi connectivity index (χ0n) is 11.1. The Kier molecular flexibility index (Phi) is 3.92. The van der Waals surface area contributed by atoms with Crippen molar-refractivity contribution in [2.24, 2.45) is 5.92 Å². The molecule has 4 heteroatoms. The first-order valence-electron chi connectivity index (χ1n) is 6.80. The molecule has 0 fully saturated rings. The Morgan fingerprint density at radius 3 is 2.85 bits per heavy atom. The van der Waals surface area contributed by atoms with E-state index in [1.807, 2.05) is 36.5 Å². The molecule has 2 aromatic rings. The summed E-state index contributed by atoms with van der Waals surface area (Å²) < 4.78 is 0. The van der Waals surface area contributed by atoms with Gasteiger partial charge in [-0.15, -0.1) is 0 Å². The van der Waals surface area contributed by atoms with Crippen LogP contribution < -0.4 is 5.32 Å². The zero-order chi connectivity index (χ0) is 13.8. The minimum absolute atomic E-state index is 0.0864. The van der Waals surface area contributed by atoms with Crippen molar-refractivity contribution in [3.63, 3.8) is 0 Å². The van der Waals surface area contributed by atoms with Crippen LogP contribution in [0.2, 0.25) is 0 Å². The van der Waals surface area contributed by atoms with Crippen molar-refractivity contribution in [1.29, 1.82) is 0 Å². The molecule has 1 aliphatic rings. The Morgan fingerprint density at radius 2 is 2.10 bits per heavy atom. The lowest BCUT2D eigenvalue weighted by atomic mass is 9.94. The fraction of sp³-hybridized carbons (Fsp3) is 0.250. The highest BCUT2D eigenvalue weighted by atomic mass is 32.1. The van der Waals surface area contributed by atoms with E-state index in [1.165, 1.54) is 11.3 Å². The quantitative estimate of drug-likeness (QED) is 0.862. The van der Waals surface area contributed by atoms with Gasteiger partial charge in [0.05, 0.1) is 4.88 Å². The van der Waals surface area contributed by atoms with E-state index in [0.29, 0.717) is 5.13 Å². The highest BCUT2D eigenvalue weighted by Gasteiger charge is 2.19. The van der Waals surface area contributed by atoms with Crippen LogP contribution >= 0.6 is 11.3 Å². The van der Waals surface area contributed by atoms with Gasteiger partial charge in [0.15, 0.2) is 5.13 Å². The monoisotopic (exact) mass is 284 g/mol. The number of hydrogen-bond acceptors (Lipinski definition) is 3. The number of nitrogens with zero attached hydrogens (tertiary/aromatic N) is 1. The van der Waals surface area contributed by atoms with Gasteiger partial charge in [0.1, 0.15) is 0 Å². The van der Waals surface area contributed by atoms with Gasteiger partial charge in [-0.2, -0.15) is 0 Å². The Bertz CT molecular complexity index is 618. The molecule has 1 aromatic heterocycles. The third-order valence-corrected chi connectivity index (χ3v) is 4.40. The molecule has 0 aliphatic heterocycles. The van der Waals surface area contributed by atoms with Crippen LogP contribution in [0, 0.1) is 5.92 Å². The second kappa shape index (κ2) is 6.01. The minimum atomic E-state index is 0.0864. The molecule has 1 atom stereocenters. The van der Waals surface area contributed by atoms with Crippen molar-refractivity contribution in [2.75, 3.05) is 5.32 Å². The van der Waals surface area contributed by atoms with E-state index in [1.54, 1.807) is 0 Å². The summed E-state index contributed by atoms with van der Waals surface area (Å²) in [5.41, 5.74) is 1.13. The number of carbonyl (C=O) groups is 1. The number of hydrogen-bond donors (Lipinski definition) is 1. The second-order valence-corrected chi connectivity index (χ2v) is 5.90. The van der Waals surface area contributed by atoms with Gasteiger partial charge in [-0.05, 0) is 24.8 Å². The van der Waals surface area contributed by atoms with E-state index < -0.39 is 0 Å². The maximum atomic E-state index is 12.1. The molecule has 1 heterocycles. The van der Waals surface area contributed by atoms with E-state index in [2.05, 4.69) is 22.5 Å². The number of benzene rings is 1. The Morgan fingerprint density at radius 1 is 1.25 bits per heavy atom. The average molecular weight is 284 g/mol. The third-order valence-electron chi connectivity index (χ3n) is 3.43. The van der Waals surface area contributed by atoms with Crippen LogP contribution in [0.5, 0.6) is 0 Å². The smallest absolute Gasteiger partial charge is 0.229 e. The molecule has 1 aliphatic carbocycles. The first-order chi connectivity index (χ1) is 9.83. The lowest BCUT2D eigenvalue weighted by Crippen LogP contribution is -2.23. The number of allylic oxidation sites excluding steroid dienone is 2. The molecule has 0 saturated carbocycles. The first-order valence-corrected chi connectivity index (χ1v) is 7.62. The van der Waals surface area contributed by atoms with Gasteiger partial charge in [0.2, 0.25) is 5.91 Å². The standard InChI is InChI=1S/C16H16N2OS/c19-15(13-9-5-2-6-10-13)18-16-17-11-14(20-16)12-7-3-1-4-8-12/h1-5,7-8,11,13H,6,9-10H2,(H,17,18,19)/t13-/m0/s1. The second-order valence-electron chi connectivity index (χ2n) is 4.87. The number of nitrogens with one attached hydrogen (secondary N) is 1. The maximum Gasteiger partial charge on any atom is 0.229 e. The molecule has 0 bridgehead atoms. The fourth-order valence-corrected chi connectivity index (χ4v) is 3.13. The van der Waals surface area contributed by atoms with E-state index in [4.69, 9.17) is 0 Å². The topological polar surface area (TPSA) is 42.0 Å². The minimum Gasteiger partial charge on any atom is -0.302 e. The summed E-state index contributed by atoms with van der Waals surface area (Å²) in [5, 5.41) is 3.62. The average Bonchev–Trinajstić information content (AvgIpc) is 2.97. The van der Waals surface area contributed by atoms with Crippen molar-refractivity contribution in [2.45, 2.75) is 19.3 Å². The summed E-state index contributed by atoms with van der Waals surface area (Å²) in [6, 6.07) is 10.1. The number of aromatic nitrogens is 1. The molecule has 3 nitrogen and oxygen atoms in total. The molecule has 20 heavy (non-hydrogen) atoms. The Balaban J connectivity index is 1.68. The molecule has 1 N–H and O–H groups in total. The normalized spacial score (nSPS) is 17.9. The van der Waals surface area contributed by atoms with Crippen LogP contribution in [-0.4, -0.2) is 10.9 Å². The van der Waals surface area contributed by atoms with Gasteiger partial charge in [-0.25, -0.2) is 4.98 Å². The molecular formula is C16H16N2OS. The van der Waals surface area contributed by atoms with Crippen molar-refractivity contribution in [3.05, 3.63) is 48.7 Å². The lowest BCUT2D eigenvalue weighted by molar-refractivity contribution is -0.120. The van der Waals surface area contributed by atoms with Gasteiger partial charge in [-0.3, -0.25) is 4.79 Å². The van der Waals surface area contributed by atoms with Crippen LogP contribution in [0.25, 0.3) is 10.4 Å². The Labute approximate surface area is 122 Å². The van der Waals surface area contributed by atoms with Gasteiger partial charge in [0, 0.05) is 12.1 Å². The SMILES string of the molecule is O=C(Nc1ncc(-c2ccccc2)s1)[C@H]1CC=CCC1. The van der Waals surface area contributed by atoms with E-state index in [0.717, 1.165) is 29.7 Å². The number of thiazole rings is 1. The fourth-order valence-electron chi connectivity index (χ4n) is 2.31. The Hall–Kier alpha value is -1.94. The predicted octanol–water partition coefficient (Wildman–Crippen LogP) is 4.10. The summed E-state index contributed by atoms with van der Waals surface area (Å²) in [4.78, 5) is 17.5. The molecule has 0 unspecified atom stereocenters. The first kappa shape index (κ1) is 13.1. The summed E-state index contributed by atoms with van der Waals surface area (Å²) in [7, 11) is 0. The summed E-state index contributed by atoms with van der Waals surface area (Å²) in [5.74, 6) is 0.174. The van der Waals surface area contributed by atoms with Gasteiger partial charge in [0.25, 0.3) is 0 Å². The highest BCUT2D eigenvalue weighted by Crippen LogP contribution is 2.29. The highest BCUT2D eigenvalue weighted by molar-refractivity contribution is 7.19. The molecular weight excluding hydrogens is 268 g/mol. The van der Waals surface area contributed by atoms with Crippen molar-refractivity contribution in [1.82, 2.24) is 4.98 Å². The van der Waals surface area contributed by atoms with Crippen LogP contribution in [-0.2, 0) is 4.79 Å². The van der Waals surface area contributed by atoms with Crippen molar-refractivity contribution >= 4 is 22.4 Å². The maximum absolute atomic E-state index is 12.1. The lowest BCUT2D eigenvalue weighted by Gasteiger charge is -2.15. The number of amides is 1. The molecule has 0 saturated heterocycles. The molecule has 0 radical (unpaired) electrons. The molecule has 1 amide bonds. The van der Waals surface area contributed by atoms with Gasteiger partial charge >= 0.3 is 0 Å². The number of rotatable bonds is 3. The van der Waals surface area contributed by atoms with Crippen LogP contribution in [0.15, 0.2) is 48.7 Å². The van der Waals surface area contributed by atoms with Crippen molar-refractivity contribution < 1.29 is 4.79 Å². The molecule has 1 aromatic carbocycles. The van der Waals surface area contributed by atoms with E-state index >= 15 is 0 Å². The summed E-state index contributed by atoms with van der Waals surface area (Å²) in [6.07, 6.45) is 8.80. The summed E-state index contributed by atoms with van der Waals surface area (Å²) in [6.45, 7) is 0. The van der Waals surface area contributed by atoms with E-state index in [9.17, 15) is 4.79 Å². The molecule has 3 rings (SSSR count).